The van der Waals surface area contributed by atoms with E-state index in [-0.39, 0.29) is 29.6 Å². The van der Waals surface area contributed by atoms with Gasteiger partial charge in [-0.2, -0.15) is 10.4 Å². The summed E-state index contributed by atoms with van der Waals surface area (Å²) in [5.41, 5.74) is 4.42. The Morgan fingerprint density at radius 1 is 1.00 bits per heavy atom. The van der Waals surface area contributed by atoms with Crippen LogP contribution in [0.15, 0.2) is 88.8 Å². The number of H-pyrrole nitrogens is 1. The second-order valence-electron chi connectivity index (χ2n) is 7.54. The van der Waals surface area contributed by atoms with Crippen molar-refractivity contribution < 1.29 is 22.6 Å². The number of aromatic nitrogens is 2. The van der Waals surface area contributed by atoms with E-state index >= 15 is 0 Å². The van der Waals surface area contributed by atoms with Gasteiger partial charge in [-0.25, -0.2) is 10.4 Å². The first-order valence-electron chi connectivity index (χ1n) is 10.8. The highest BCUT2D eigenvalue weighted by atomic mass is 19.4. The maximum absolute atomic E-state index is 12.3. The Kier molecular flexibility index (Phi) is 7.49. The number of hydrogen-bond acceptors (Lipinski definition) is 7. The van der Waals surface area contributed by atoms with Crippen LogP contribution in [-0.4, -0.2) is 22.5 Å². The van der Waals surface area contributed by atoms with Crippen molar-refractivity contribution in [2.75, 3.05) is 5.43 Å². The molecule has 1 heterocycles. The highest BCUT2D eigenvalue weighted by molar-refractivity contribution is 5.80. The summed E-state index contributed by atoms with van der Waals surface area (Å²) in [5, 5.41) is 13.4. The Morgan fingerprint density at radius 2 is 1.68 bits per heavy atom. The van der Waals surface area contributed by atoms with Gasteiger partial charge in [0.15, 0.2) is 0 Å². The third kappa shape index (κ3) is 6.95. The van der Waals surface area contributed by atoms with E-state index in [4.69, 9.17) is 4.74 Å². The van der Waals surface area contributed by atoms with Gasteiger partial charge in [0.2, 0.25) is 5.95 Å². The minimum Gasteiger partial charge on any atom is -0.489 e. The van der Waals surface area contributed by atoms with Gasteiger partial charge in [0, 0.05) is 5.56 Å². The molecule has 0 saturated carbocycles. The van der Waals surface area contributed by atoms with Gasteiger partial charge in [0.25, 0.3) is 5.56 Å². The molecule has 0 atom stereocenters. The molecule has 0 spiro atoms. The molecular weight excluding hydrogens is 487 g/mol. The standard InChI is InChI=1S/C26H18F3N5O3/c27-26(28,29)37-21-12-10-20(11-13-21)36-16-18-8-6-17(7-9-18)15-31-34-25-32-23(19-4-2-1-3-5-19)22(14-30)24(35)33-25/h1-13,15H,16H2,(H2,32,33,34,35). The molecule has 4 aromatic rings. The Balaban J connectivity index is 1.36. The molecule has 0 saturated heterocycles. The molecule has 0 fully saturated rings. The average Bonchev–Trinajstić information content (AvgIpc) is 2.88. The van der Waals surface area contributed by atoms with Crippen LogP contribution in [0.4, 0.5) is 19.1 Å². The zero-order chi connectivity index (χ0) is 26.3. The molecule has 0 aliphatic rings. The summed E-state index contributed by atoms with van der Waals surface area (Å²) in [4.78, 5) is 19.1. The summed E-state index contributed by atoms with van der Waals surface area (Å²) in [7, 11) is 0. The zero-order valence-electron chi connectivity index (χ0n) is 19.0. The summed E-state index contributed by atoms with van der Waals surface area (Å²) in [6, 6.07) is 23.1. The molecule has 4 rings (SSSR count). The van der Waals surface area contributed by atoms with Crippen molar-refractivity contribution in [3.05, 3.63) is 106 Å². The SMILES string of the molecule is N#Cc1c(-c2ccccc2)nc(NN=Cc2ccc(COc3ccc(OC(F)(F)F)cc3)cc2)[nH]c1=O. The molecule has 2 N–H and O–H groups in total. The number of nitriles is 1. The van der Waals surface area contributed by atoms with Crippen LogP contribution in [0.3, 0.4) is 0 Å². The van der Waals surface area contributed by atoms with Crippen LogP contribution in [0, 0.1) is 11.3 Å². The van der Waals surface area contributed by atoms with Gasteiger partial charge in [-0.3, -0.25) is 9.78 Å². The smallest absolute Gasteiger partial charge is 0.489 e. The normalized spacial score (nSPS) is 11.2. The third-order valence-corrected chi connectivity index (χ3v) is 4.91. The molecule has 11 heteroatoms. The minimum absolute atomic E-state index is 0.0794. The van der Waals surface area contributed by atoms with Gasteiger partial charge in [-0.05, 0) is 35.4 Å². The Hall–Kier alpha value is -5.11. The van der Waals surface area contributed by atoms with Gasteiger partial charge in [0.05, 0.1) is 11.9 Å². The van der Waals surface area contributed by atoms with E-state index in [9.17, 15) is 23.2 Å². The van der Waals surface area contributed by atoms with E-state index in [0.717, 1.165) is 11.1 Å². The van der Waals surface area contributed by atoms with Crippen LogP contribution in [0.25, 0.3) is 11.3 Å². The van der Waals surface area contributed by atoms with Crippen molar-refractivity contribution in [1.82, 2.24) is 9.97 Å². The first-order valence-corrected chi connectivity index (χ1v) is 10.8. The number of aromatic amines is 1. The molecule has 0 aliphatic heterocycles. The van der Waals surface area contributed by atoms with Crippen LogP contribution in [0.1, 0.15) is 16.7 Å². The molecule has 186 valence electrons. The zero-order valence-corrected chi connectivity index (χ0v) is 19.0. The molecule has 37 heavy (non-hydrogen) atoms. The van der Waals surface area contributed by atoms with Crippen molar-refractivity contribution in [3.63, 3.8) is 0 Å². The highest BCUT2D eigenvalue weighted by Gasteiger charge is 2.30. The fourth-order valence-electron chi connectivity index (χ4n) is 3.21. The van der Waals surface area contributed by atoms with Gasteiger partial charge >= 0.3 is 6.36 Å². The summed E-state index contributed by atoms with van der Waals surface area (Å²) in [6.07, 6.45) is -3.23. The van der Waals surface area contributed by atoms with E-state index in [0.29, 0.717) is 11.3 Å². The van der Waals surface area contributed by atoms with Crippen LogP contribution in [0.2, 0.25) is 0 Å². The number of alkyl halides is 3. The van der Waals surface area contributed by atoms with Gasteiger partial charge in [-0.1, -0.05) is 54.6 Å². The van der Waals surface area contributed by atoms with Crippen molar-refractivity contribution in [1.29, 1.82) is 5.26 Å². The van der Waals surface area contributed by atoms with Crippen molar-refractivity contribution in [2.45, 2.75) is 13.0 Å². The van der Waals surface area contributed by atoms with Crippen LogP contribution < -0.4 is 20.5 Å². The molecule has 0 aliphatic carbocycles. The monoisotopic (exact) mass is 505 g/mol. The fourth-order valence-corrected chi connectivity index (χ4v) is 3.21. The lowest BCUT2D eigenvalue weighted by Gasteiger charge is -2.10. The number of ether oxygens (including phenoxy) is 2. The Morgan fingerprint density at radius 3 is 2.32 bits per heavy atom. The molecule has 0 amide bonds. The van der Waals surface area contributed by atoms with Crippen LogP contribution in [-0.2, 0) is 6.61 Å². The molecule has 0 radical (unpaired) electrons. The van der Waals surface area contributed by atoms with Crippen molar-refractivity contribution in [2.24, 2.45) is 5.10 Å². The second kappa shape index (κ2) is 11.1. The molecule has 0 bridgehead atoms. The molecular formula is C26H18F3N5O3. The molecule has 1 aromatic heterocycles. The predicted octanol–water partition coefficient (Wildman–Crippen LogP) is 5.23. The van der Waals surface area contributed by atoms with E-state index in [1.807, 2.05) is 12.1 Å². The summed E-state index contributed by atoms with van der Waals surface area (Å²) < 4.78 is 46.1. The van der Waals surface area contributed by atoms with E-state index in [1.54, 1.807) is 48.5 Å². The quantitative estimate of drug-likeness (QED) is 0.250. The summed E-state index contributed by atoms with van der Waals surface area (Å²) in [5.74, 6) is 0.146. The van der Waals surface area contributed by atoms with Gasteiger partial charge in [0.1, 0.15) is 29.7 Å². The maximum Gasteiger partial charge on any atom is 0.573 e. The average molecular weight is 505 g/mol. The van der Waals surface area contributed by atoms with Crippen LogP contribution >= 0.6 is 0 Å². The van der Waals surface area contributed by atoms with E-state index in [1.165, 1.54) is 30.5 Å². The lowest BCUT2D eigenvalue weighted by Crippen LogP contribution is -2.16. The number of halogens is 3. The number of hydrazone groups is 1. The predicted molar refractivity (Wildman–Crippen MR) is 130 cm³/mol. The number of nitrogens with one attached hydrogen (secondary N) is 2. The van der Waals surface area contributed by atoms with Gasteiger partial charge in [-0.15, -0.1) is 13.2 Å². The number of rotatable bonds is 8. The fraction of sp³-hybridized carbons (Fsp3) is 0.0769. The topological polar surface area (TPSA) is 112 Å². The van der Waals surface area contributed by atoms with Crippen LogP contribution in [0.5, 0.6) is 11.5 Å². The lowest BCUT2D eigenvalue weighted by molar-refractivity contribution is -0.274. The third-order valence-electron chi connectivity index (χ3n) is 4.91. The molecule has 8 nitrogen and oxygen atoms in total. The van der Waals surface area contributed by atoms with Gasteiger partial charge < -0.3 is 9.47 Å². The minimum atomic E-state index is -4.75. The number of benzene rings is 3. The second-order valence-corrected chi connectivity index (χ2v) is 7.54. The number of nitrogens with zero attached hydrogens (tertiary/aromatic N) is 3. The largest absolute Gasteiger partial charge is 0.573 e. The first-order chi connectivity index (χ1) is 17.8. The number of hydrogen-bond donors (Lipinski definition) is 2. The number of anilines is 1. The Labute approximate surface area is 208 Å². The molecule has 0 unspecified atom stereocenters. The summed E-state index contributed by atoms with van der Waals surface area (Å²) in [6.45, 7) is 0.202. The van der Waals surface area contributed by atoms with Crippen molar-refractivity contribution in [3.8, 4) is 28.8 Å². The van der Waals surface area contributed by atoms with E-state index in [2.05, 4.69) is 25.2 Å². The van der Waals surface area contributed by atoms with Crippen molar-refractivity contribution >= 4 is 12.2 Å². The maximum atomic E-state index is 12.3. The highest BCUT2D eigenvalue weighted by Crippen LogP contribution is 2.25. The molecule has 3 aromatic carbocycles. The lowest BCUT2D eigenvalue weighted by atomic mass is 10.1. The summed E-state index contributed by atoms with van der Waals surface area (Å²) >= 11 is 0. The Bertz CT molecular complexity index is 1480. The first kappa shape index (κ1) is 25.0. The van der Waals surface area contributed by atoms with E-state index < -0.39 is 11.9 Å².